The van der Waals surface area contributed by atoms with Gasteiger partial charge in [-0.15, -0.1) is 0 Å². The van der Waals surface area contributed by atoms with Crippen molar-refractivity contribution in [2.45, 2.75) is 32.9 Å². The average Bonchev–Trinajstić information content (AvgIpc) is 2.10. The molecular weight excluding hydrogens is 235 g/mol. The maximum absolute atomic E-state index is 12.5. The van der Waals surface area contributed by atoms with Crippen LogP contribution in [-0.4, -0.2) is 41.8 Å². The van der Waals surface area contributed by atoms with Gasteiger partial charge in [-0.3, -0.25) is 4.79 Å². The first-order valence-corrected chi connectivity index (χ1v) is 5.64. The minimum atomic E-state index is -4.67. The van der Waals surface area contributed by atoms with E-state index in [0.29, 0.717) is 13.1 Å². The van der Waals surface area contributed by atoms with Crippen LogP contribution in [0.1, 0.15) is 26.7 Å². The number of aliphatic carboxylic acids is 1. The van der Waals surface area contributed by atoms with Crippen LogP contribution in [-0.2, 0) is 4.79 Å². The van der Waals surface area contributed by atoms with E-state index in [0.717, 1.165) is 12.8 Å². The second kappa shape index (κ2) is 4.84. The fourth-order valence-corrected chi connectivity index (χ4v) is 2.28. The van der Waals surface area contributed by atoms with Gasteiger partial charge in [-0.2, -0.15) is 13.2 Å². The summed E-state index contributed by atoms with van der Waals surface area (Å²) in [5.74, 6) is -4.07. The van der Waals surface area contributed by atoms with E-state index in [2.05, 4.69) is 0 Å². The molecule has 6 heteroatoms. The zero-order valence-electron chi connectivity index (χ0n) is 10.0. The van der Waals surface area contributed by atoms with Gasteiger partial charge in [0.05, 0.1) is 0 Å². The quantitative estimate of drug-likeness (QED) is 0.839. The van der Waals surface area contributed by atoms with Crippen molar-refractivity contribution in [2.24, 2.45) is 11.3 Å². The number of nitrogens with zero attached hydrogens (tertiary/aromatic N) is 1. The van der Waals surface area contributed by atoms with Crippen molar-refractivity contribution in [3.05, 3.63) is 0 Å². The summed E-state index contributed by atoms with van der Waals surface area (Å²) in [7, 11) is 0. The number of hydrogen-bond acceptors (Lipinski definition) is 2. The van der Waals surface area contributed by atoms with Crippen molar-refractivity contribution in [2.75, 3.05) is 19.6 Å². The molecule has 0 amide bonds. The third-order valence-electron chi connectivity index (χ3n) is 3.11. The van der Waals surface area contributed by atoms with E-state index in [1.165, 1.54) is 0 Å². The lowest BCUT2D eigenvalue weighted by atomic mass is 9.84. The third-order valence-corrected chi connectivity index (χ3v) is 3.11. The number of hydrogen-bond donors (Lipinski definition) is 1. The number of rotatable bonds is 3. The van der Waals surface area contributed by atoms with Gasteiger partial charge in [-0.1, -0.05) is 13.8 Å². The summed E-state index contributed by atoms with van der Waals surface area (Å²) in [6, 6.07) is 0. The molecule has 0 bridgehead atoms. The molecule has 0 aromatic heterocycles. The van der Waals surface area contributed by atoms with Crippen LogP contribution in [0, 0.1) is 11.3 Å². The number of alkyl halides is 3. The molecule has 1 saturated heterocycles. The Morgan fingerprint density at radius 2 is 2.06 bits per heavy atom. The van der Waals surface area contributed by atoms with Gasteiger partial charge < -0.3 is 10.0 Å². The predicted molar refractivity (Wildman–Crippen MR) is 56.6 cm³/mol. The number of carbonyl (C=O) groups is 1. The molecule has 1 heterocycles. The van der Waals surface area contributed by atoms with Crippen LogP contribution in [0.25, 0.3) is 0 Å². The summed E-state index contributed by atoms with van der Waals surface area (Å²) in [6.07, 6.45) is -2.89. The fraction of sp³-hybridized carbons (Fsp3) is 0.909. The minimum Gasteiger partial charge on any atom is -0.481 e. The summed E-state index contributed by atoms with van der Waals surface area (Å²) < 4.78 is 37.5. The molecule has 1 atom stereocenters. The van der Waals surface area contributed by atoms with Crippen LogP contribution < -0.4 is 0 Å². The molecule has 17 heavy (non-hydrogen) atoms. The van der Waals surface area contributed by atoms with Crippen molar-refractivity contribution < 1.29 is 23.1 Å². The van der Waals surface area contributed by atoms with E-state index in [4.69, 9.17) is 5.11 Å². The van der Waals surface area contributed by atoms with E-state index < -0.39 is 24.6 Å². The second-order valence-electron chi connectivity index (χ2n) is 5.44. The lowest BCUT2D eigenvalue weighted by Gasteiger charge is -2.39. The Morgan fingerprint density at radius 3 is 2.47 bits per heavy atom. The van der Waals surface area contributed by atoms with Crippen LogP contribution in [0.5, 0.6) is 0 Å². The average molecular weight is 253 g/mol. The molecule has 0 radical (unpaired) electrons. The van der Waals surface area contributed by atoms with Gasteiger partial charge in [0.2, 0.25) is 0 Å². The lowest BCUT2D eigenvalue weighted by Crippen LogP contribution is -2.47. The van der Waals surface area contributed by atoms with Crippen molar-refractivity contribution >= 4 is 5.97 Å². The number of likely N-dealkylation sites (tertiary alicyclic amines) is 1. The number of halogens is 3. The molecule has 0 aromatic carbocycles. The van der Waals surface area contributed by atoms with Gasteiger partial charge in [0, 0.05) is 13.1 Å². The Kier molecular flexibility index (Phi) is 4.06. The van der Waals surface area contributed by atoms with Crippen LogP contribution in [0.2, 0.25) is 0 Å². The highest BCUT2D eigenvalue weighted by molar-refractivity contribution is 5.71. The van der Waals surface area contributed by atoms with Crippen LogP contribution in [0.4, 0.5) is 13.2 Å². The Morgan fingerprint density at radius 1 is 1.47 bits per heavy atom. The lowest BCUT2D eigenvalue weighted by molar-refractivity contribution is -0.197. The maximum Gasteiger partial charge on any atom is 0.403 e. The van der Waals surface area contributed by atoms with Gasteiger partial charge in [0.15, 0.2) is 5.92 Å². The number of carboxylic acid groups (broad SMARTS) is 1. The molecule has 1 aliphatic heterocycles. The van der Waals surface area contributed by atoms with E-state index in [-0.39, 0.29) is 5.41 Å². The number of piperidine rings is 1. The molecule has 1 rings (SSSR count). The third kappa shape index (κ3) is 4.18. The summed E-state index contributed by atoms with van der Waals surface area (Å²) in [4.78, 5) is 12.2. The van der Waals surface area contributed by atoms with Gasteiger partial charge in [-0.05, 0) is 24.8 Å². The first-order valence-electron chi connectivity index (χ1n) is 5.64. The summed E-state index contributed by atoms with van der Waals surface area (Å²) in [5.41, 5.74) is -0.0348. The molecule has 1 unspecified atom stereocenters. The predicted octanol–water partition coefficient (Wildman–Crippen LogP) is 2.37. The molecule has 1 aliphatic rings. The Hall–Kier alpha value is -0.780. The molecule has 0 aliphatic carbocycles. The second-order valence-corrected chi connectivity index (χ2v) is 5.44. The summed E-state index contributed by atoms with van der Waals surface area (Å²) in [6.45, 7) is 4.60. The monoisotopic (exact) mass is 253 g/mol. The zero-order valence-corrected chi connectivity index (χ0v) is 10.0. The highest BCUT2D eigenvalue weighted by atomic mass is 19.4. The SMILES string of the molecule is CC1(C)CCCN(CC(C(=O)O)C(F)(F)F)C1. The molecule has 1 N–H and O–H groups in total. The van der Waals surface area contributed by atoms with E-state index in [9.17, 15) is 18.0 Å². The van der Waals surface area contributed by atoms with Crippen LogP contribution >= 0.6 is 0 Å². The van der Waals surface area contributed by atoms with Crippen molar-refractivity contribution in [1.29, 1.82) is 0 Å². The van der Waals surface area contributed by atoms with E-state index in [1.54, 1.807) is 4.90 Å². The molecular formula is C11H18F3NO2. The topological polar surface area (TPSA) is 40.5 Å². The van der Waals surface area contributed by atoms with Gasteiger partial charge >= 0.3 is 12.1 Å². The number of carboxylic acids is 1. The Bertz CT molecular complexity index is 289. The van der Waals surface area contributed by atoms with Gasteiger partial charge in [0.1, 0.15) is 0 Å². The van der Waals surface area contributed by atoms with Crippen LogP contribution in [0.3, 0.4) is 0 Å². The van der Waals surface area contributed by atoms with Crippen LogP contribution in [0.15, 0.2) is 0 Å². The first-order chi connectivity index (χ1) is 7.62. The molecule has 3 nitrogen and oxygen atoms in total. The molecule has 0 spiro atoms. The highest BCUT2D eigenvalue weighted by Crippen LogP contribution is 2.32. The summed E-state index contributed by atoms with van der Waals surface area (Å²) in [5, 5.41) is 8.62. The first kappa shape index (κ1) is 14.3. The van der Waals surface area contributed by atoms with E-state index in [1.807, 2.05) is 13.8 Å². The smallest absolute Gasteiger partial charge is 0.403 e. The van der Waals surface area contributed by atoms with Crippen molar-refractivity contribution in [1.82, 2.24) is 4.90 Å². The molecule has 0 aromatic rings. The Labute approximate surface area is 98.6 Å². The fourth-order valence-electron chi connectivity index (χ4n) is 2.28. The molecule has 1 fully saturated rings. The summed E-state index contributed by atoms with van der Waals surface area (Å²) >= 11 is 0. The van der Waals surface area contributed by atoms with Gasteiger partial charge in [0.25, 0.3) is 0 Å². The molecule has 100 valence electrons. The van der Waals surface area contributed by atoms with Crippen molar-refractivity contribution in [3.8, 4) is 0 Å². The standard InChI is InChI=1S/C11H18F3NO2/c1-10(2)4-3-5-15(7-10)6-8(9(16)17)11(12,13)14/h8H,3-7H2,1-2H3,(H,16,17). The largest absolute Gasteiger partial charge is 0.481 e. The molecule has 0 saturated carbocycles. The minimum absolute atomic E-state index is 0.0348. The van der Waals surface area contributed by atoms with Gasteiger partial charge in [-0.25, -0.2) is 0 Å². The highest BCUT2D eigenvalue weighted by Gasteiger charge is 2.46. The Balaban J connectivity index is 2.65. The zero-order chi connectivity index (χ0) is 13.3. The normalized spacial score (nSPS) is 23.4. The van der Waals surface area contributed by atoms with Crippen molar-refractivity contribution in [3.63, 3.8) is 0 Å². The maximum atomic E-state index is 12.5. The van der Waals surface area contributed by atoms with E-state index >= 15 is 0 Å².